The maximum atomic E-state index is 13.9. The molecule has 0 amide bonds. The fraction of sp³-hybridized carbons (Fsp3) is 0.250. The van der Waals surface area contributed by atoms with Crippen LogP contribution in [0.1, 0.15) is 37.5 Å². The zero-order valence-electron chi connectivity index (χ0n) is 20.1. The highest BCUT2D eigenvalue weighted by molar-refractivity contribution is 7.91. The highest BCUT2D eigenvalue weighted by atomic mass is 32.2. The number of Topliss-reactive ketones (excluding diaryl/α,β-unsaturated/α-hetero) is 1. The second-order valence-corrected chi connectivity index (χ2v) is 11.0. The molecule has 3 aromatic carbocycles. The molecule has 0 radical (unpaired) electrons. The number of ether oxygens (including phenoxy) is 1. The van der Waals surface area contributed by atoms with Gasteiger partial charge in [0, 0.05) is 30.5 Å². The molecule has 0 aliphatic heterocycles. The van der Waals surface area contributed by atoms with E-state index in [1.165, 1.54) is 12.1 Å². The predicted molar refractivity (Wildman–Crippen MR) is 131 cm³/mol. The molecule has 0 bridgehead atoms. The molecule has 36 heavy (non-hydrogen) atoms. The van der Waals surface area contributed by atoms with Crippen LogP contribution in [0.2, 0.25) is 0 Å². The number of halogens is 3. The summed E-state index contributed by atoms with van der Waals surface area (Å²) in [5.41, 5.74) is 0.958. The number of benzene rings is 3. The molecule has 0 aromatic heterocycles. The number of hydrogen-bond acceptors (Lipinski definition) is 4. The van der Waals surface area contributed by atoms with Crippen LogP contribution >= 0.6 is 0 Å². The summed E-state index contributed by atoms with van der Waals surface area (Å²) < 4.78 is 69.6. The average Bonchev–Trinajstić information content (AvgIpc) is 2.82. The SMILES string of the molecule is CCS(=O)(=O)c1ccc(CC(=O)Cc2ccc(C#CC(C)(C)Oc3cc(F)c(F)cc3F)cc2)cc1. The monoisotopic (exact) mass is 514 g/mol. The van der Waals surface area contributed by atoms with Gasteiger partial charge < -0.3 is 4.74 Å². The minimum absolute atomic E-state index is 0.0168. The van der Waals surface area contributed by atoms with Crippen LogP contribution < -0.4 is 4.74 Å². The highest BCUT2D eigenvalue weighted by Crippen LogP contribution is 2.25. The van der Waals surface area contributed by atoms with E-state index < -0.39 is 38.6 Å². The van der Waals surface area contributed by atoms with Gasteiger partial charge in [0.2, 0.25) is 0 Å². The van der Waals surface area contributed by atoms with E-state index in [2.05, 4.69) is 11.8 Å². The molecule has 0 saturated carbocycles. The Morgan fingerprint density at radius 3 is 1.94 bits per heavy atom. The number of rotatable bonds is 8. The smallest absolute Gasteiger partial charge is 0.178 e. The number of sulfone groups is 1. The lowest BCUT2D eigenvalue weighted by atomic mass is 10.0. The van der Waals surface area contributed by atoms with Crippen molar-refractivity contribution >= 4 is 15.6 Å². The number of carbonyl (C=O) groups is 1. The average molecular weight is 515 g/mol. The van der Waals surface area contributed by atoms with Crippen LogP contribution in [0.25, 0.3) is 0 Å². The van der Waals surface area contributed by atoms with Crippen LogP contribution in [-0.4, -0.2) is 25.6 Å². The molecular weight excluding hydrogens is 489 g/mol. The van der Waals surface area contributed by atoms with E-state index in [0.29, 0.717) is 17.7 Å². The fourth-order valence-electron chi connectivity index (χ4n) is 3.31. The maximum absolute atomic E-state index is 13.9. The second-order valence-electron chi connectivity index (χ2n) is 8.70. The molecule has 0 aliphatic rings. The zero-order chi connectivity index (χ0) is 26.5. The van der Waals surface area contributed by atoms with Crippen LogP contribution in [0.15, 0.2) is 65.6 Å². The molecular formula is C28H25F3O4S. The predicted octanol–water partition coefficient (Wildman–Crippen LogP) is 5.46. The summed E-state index contributed by atoms with van der Waals surface area (Å²) in [6, 6.07) is 14.4. The van der Waals surface area contributed by atoms with Crippen molar-refractivity contribution < 1.29 is 31.1 Å². The molecule has 8 heteroatoms. The minimum Gasteiger partial charge on any atom is -0.472 e. The molecule has 0 heterocycles. The number of carbonyl (C=O) groups excluding carboxylic acids is 1. The van der Waals surface area contributed by atoms with Gasteiger partial charge in [0.15, 0.2) is 38.6 Å². The maximum Gasteiger partial charge on any atom is 0.178 e. The first-order valence-electron chi connectivity index (χ1n) is 11.2. The van der Waals surface area contributed by atoms with Gasteiger partial charge in [0.05, 0.1) is 10.6 Å². The zero-order valence-corrected chi connectivity index (χ0v) is 20.9. The Balaban J connectivity index is 1.60. The van der Waals surface area contributed by atoms with Crippen molar-refractivity contribution in [1.29, 1.82) is 0 Å². The third-order valence-electron chi connectivity index (χ3n) is 5.27. The number of ketones is 1. The highest BCUT2D eigenvalue weighted by Gasteiger charge is 2.20. The van der Waals surface area contributed by atoms with Gasteiger partial charge in [-0.15, -0.1) is 0 Å². The quantitative estimate of drug-likeness (QED) is 0.296. The Hall–Kier alpha value is -3.57. The van der Waals surface area contributed by atoms with Gasteiger partial charge in [-0.1, -0.05) is 43.0 Å². The lowest BCUT2D eigenvalue weighted by molar-refractivity contribution is -0.117. The van der Waals surface area contributed by atoms with Gasteiger partial charge in [-0.05, 0) is 49.2 Å². The van der Waals surface area contributed by atoms with Crippen LogP contribution in [0.3, 0.4) is 0 Å². The Bertz CT molecular complexity index is 1420. The lowest BCUT2D eigenvalue weighted by Gasteiger charge is -2.20. The molecule has 0 aliphatic carbocycles. The van der Waals surface area contributed by atoms with Crippen molar-refractivity contribution in [3.05, 3.63) is 94.8 Å². The van der Waals surface area contributed by atoms with E-state index in [1.54, 1.807) is 57.2 Å². The van der Waals surface area contributed by atoms with Crippen molar-refractivity contribution in [1.82, 2.24) is 0 Å². The molecule has 188 valence electrons. The fourth-order valence-corrected chi connectivity index (χ4v) is 4.19. The molecule has 3 aromatic rings. The topological polar surface area (TPSA) is 60.4 Å². The van der Waals surface area contributed by atoms with Crippen LogP contribution in [0.4, 0.5) is 13.2 Å². The van der Waals surface area contributed by atoms with E-state index in [1.807, 2.05) is 0 Å². The van der Waals surface area contributed by atoms with Crippen LogP contribution in [0.5, 0.6) is 5.75 Å². The Kier molecular flexibility index (Phi) is 8.26. The van der Waals surface area contributed by atoms with Gasteiger partial charge in [-0.3, -0.25) is 4.79 Å². The van der Waals surface area contributed by atoms with Gasteiger partial charge in [-0.2, -0.15) is 0 Å². The molecule has 3 rings (SSSR count). The first-order valence-corrected chi connectivity index (χ1v) is 12.8. The van der Waals surface area contributed by atoms with Crippen LogP contribution in [-0.2, 0) is 27.5 Å². The van der Waals surface area contributed by atoms with Crippen molar-refractivity contribution in [2.24, 2.45) is 0 Å². The van der Waals surface area contributed by atoms with E-state index >= 15 is 0 Å². The lowest BCUT2D eigenvalue weighted by Crippen LogP contribution is -2.26. The summed E-state index contributed by atoms with van der Waals surface area (Å²) in [6.07, 6.45) is 0.382. The summed E-state index contributed by atoms with van der Waals surface area (Å²) in [7, 11) is -3.28. The molecule has 0 atom stereocenters. The largest absolute Gasteiger partial charge is 0.472 e. The van der Waals surface area contributed by atoms with E-state index in [0.717, 1.165) is 11.1 Å². The Morgan fingerprint density at radius 1 is 0.861 bits per heavy atom. The minimum atomic E-state index is -3.28. The normalized spacial score (nSPS) is 11.5. The van der Waals surface area contributed by atoms with E-state index in [4.69, 9.17) is 4.74 Å². The molecule has 0 saturated heterocycles. The van der Waals surface area contributed by atoms with E-state index in [9.17, 15) is 26.4 Å². The van der Waals surface area contributed by atoms with Crippen molar-refractivity contribution in [3.63, 3.8) is 0 Å². The summed E-state index contributed by atoms with van der Waals surface area (Å²) in [5, 5.41) is 0. The summed E-state index contributed by atoms with van der Waals surface area (Å²) in [5.74, 6) is 1.73. The van der Waals surface area contributed by atoms with Crippen LogP contribution in [0, 0.1) is 29.3 Å². The molecule has 0 unspecified atom stereocenters. The van der Waals surface area contributed by atoms with Crippen molar-refractivity contribution in [2.75, 3.05) is 5.75 Å². The Morgan fingerprint density at radius 2 is 1.39 bits per heavy atom. The molecule has 0 spiro atoms. The first-order chi connectivity index (χ1) is 16.9. The van der Waals surface area contributed by atoms with Gasteiger partial charge >= 0.3 is 0 Å². The molecule has 4 nitrogen and oxygen atoms in total. The standard InChI is InChI=1S/C28H25F3O4S/c1-4-36(33,34)23-11-9-21(10-12-23)16-22(32)15-20-7-5-19(6-8-20)13-14-28(2,3)35-27-18-25(30)24(29)17-26(27)31/h5-12,17-18H,4,15-16H2,1-3H3. The third-order valence-corrected chi connectivity index (χ3v) is 7.02. The van der Waals surface area contributed by atoms with Gasteiger partial charge in [0.25, 0.3) is 0 Å². The Labute approximate surface area is 209 Å². The number of hydrogen-bond donors (Lipinski definition) is 0. The van der Waals surface area contributed by atoms with E-state index in [-0.39, 0.29) is 29.3 Å². The van der Waals surface area contributed by atoms with Crippen molar-refractivity contribution in [2.45, 2.75) is 44.1 Å². The second kappa shape index (κ2) is 11.0. The summed E-state index contributed by atoms with van der Waals surface area (Å²) >= 11 is 0. The summed E-state index contributed by atoms with van der Waals surface area (Å²) in [4.78, 5) is 12.7. The molecule has 0 fully saturated rings. The summed E-state index contributed by atoms with van der Waals surface area (Å²) in [6.45, 7) is 4.71. The van der Waals surface area contributed by atoms with Gasteiger partial charge in [0.1, 0.15) is 5.78 Å². The third kappa shape index (κ3) is 7.22. The van der Waals surface area contributed by atoms with Gasteiger partial charge in [-0.25, -0.2) is 21.6 Å². The first kappa shape index (κ1) is 27.0. The van der Waals surface area contributed by atoms with Crippen molar-refractivity contribution in [3.8, 4) is 17.6 Å². The molecule has 0 N–H and O–H groups in total.